The zero-order valence-electron chi connectivity index (χ0n) is 9.74. The van der Waals surface area contributed by atoms with Crippen molar-refractivity contribution in [1.29, 1.82) is 0 Å². The highest BCUT2D eigenvalue weighted by molar-refractivity contribution is 6.30. The van der Waals surface area contributed by atoms with Crippen molar-refractivity contribution in [3.05, 3.63) is 34.9 Å². The molecule has 0 saturated heterocycles. The smallest absolute Gasteiger partial charge is 0.185 e. The maximum absolute atomic E-state index is 10.2. The van der Waals surface area contributed by atoms with Crippen molar-refractivity contribution in [2.45, 2.75) is 25.2 Å². The number of ether oxygens (including phenoxy) is 2. The summed E-state index contributed by atoms with van der Waals surface area (Å²) in [5.74, 6) is 0. The third-order valence-electron chi connectivity index (χ3n) is 2.39. The van der Waals surface area contributed by atoms with E-state index in [4.69, 9.17) is 21.1 Å². The predicted octanol–water partition coefficient (Wildman–Crippen LogP) is 2.25. The zero-order valence-corrected chi connectivity index (χ0v) is 10.5. The van der Waals surface area contributed by atoms with Gasteiger partial charge in [-0.15, -0.1) is 0 Å². The van der Waals surface area contributed by atoms with Gasteiger partial charge >= 0.3 is 0 Å². The highest BCUT2D eigenvalue weighted by Gasteiger charge is 2.32. The molecule has 1 atom stereocenters. The second kappa shape index (κ2) is 5.64. The predicted molar refractivity (Wildman–Crippen MR) is 63.6 cm³/mol. The minimum absolute atomic E-state index is 0.417. The van der Waals surface area contributed by atoms with Gasteiger partial charge in [0.1, 0.15) is 5.60 Å². The van der Waals surface area contributed by atoms with Crippen LogP contribution in [0.3, 0.4) is 0 Å². The Balaban J connectivity index is 2.79. The zero-order chi connectivity index (χ0) is 12.2. The van der Waals surface area contributed by atoms with Gasteiger partial charge in [0.15, 0.2) is 6.29 Å². The van der Waals surface area contributed by atoms with Gasteiger partial charge in [0, 0.05) is 25.7 Å². The molecule has 0 aliphatic heterocycles. The molecule has 1 unspecified atom stereocenters. The van der Waals surface area contributed by atoms with E-state index in [9.17, 15) is 5.11 Å². The van der Waals surface area contributed by atoms with Crippen molar-refractivity contribution in [3.8, 4) is 0 Å². The first-order valence-electron chi connectivity index (χ1n) is 5.02. The lowest BCUT2D eigenvalue weighted by molar-refractivity contribution is -0.207. The first-order chi connectivity index (χ1) is 7.49. The van der Waals surface area contributed by atoms with Crippen molar-refractivity contribution in [2.24, 2.45) is 0 Å². The molecule has 1 aromatic rings. The van der Waals surface area contributed by atoms with Crippen molar-refractivity contribution in [3.63, 3.8) is 0 Å². The first-order valence-corrected chi connectivity index (χ1v) is 5.40. The second-order valence-corrected chi connectivity index (χ2v) is 4.40. The monoisotopic (exact) mass is 244 g/mol. The van der Waals surface area contributed by atoms with Crippen LogP contribution in [0.1, 0.15) is 12.5 Å². The van der Waals surface area contributed by atoms with Crippen molar-refractivity contribution >= 4 is 11.6 Å². The number of rotatable bonds is 5. The van der Waals surface area contributed by atoms with Crippen LogP contribution < -0.4 is 0 Å². The third-order valence-corrected chi connectivity index (χ3v) is 2.62. The van der Waals surface area contributed by atoms with Gasteiger partial charge in [0.25, 0.3) is 0 Å². The third kappa shape index (κ3) is 3.46. The number of aliphatic hydroxyl groups is 1. The molecular formula is C12H17ClO3. The molecule has 0 bridgehead atoms. The lowest BCUT2D eigenvalue weighted by Crippen LogP contribution is -2.43. The normalized spacial score (nSPS) is 15.1. The van der Waals surface area contributed by atoms with E-state index >= 15 is 0 Å². The Morgan fingerprint density at radius 1 is 1.38 bits per heavy atom. The minimum Gasteiger partial charge on any atom is -0.385 e. The average molecular weight is 245 g/mol. The summed E-state index contributed by atoms with van der Waals surface area (Å²) in [5, 5.41) is 10.9. The summed E-state index contributed by atoms with van der Waals surface area (Å²) in [6.45, 7) is 1.67. The quantitative estimate of drug-likeness (QED) is 0.808. The number of hydrogen-bond donors (Lipinski definition) is 1. The maximum Gasteiger partial charge on any atom is 0.185 e. The van der Waals surface area contributed by atoms with E-state index in [1.165, 1.54) is 14.2 Å². The molecule has 1 rings (SSSR count). The first kappa shape index (κ1) is 13.5. The fraction of sp³-hybridized carbons (Fsp3) is 0.500. The van der Waals surface area contributed by atoms with Crippen LogP contribution in [0.5, 0.6) is 0 Å². The summed E-state index contributed by atoms with van der Waals surface area (Å²) in [6.07, 6.45) is -0.244. The largest absolute Gasteiger partial charge is 0.385 e. The molecule has 0 aliphatic carbocycles. The van der Waals surface area contributed by atoms with E-state index in [1.807, 2.05) is 18.2 Å². The number of hydrogen-bond acceptors (Lipinski definition) is 3. The molecule has 1 N–H and O–H groups in total. The molecule has 0 radical (unpaired) electrons. The molecule has 0 saturated carbocycles. The van der Waals surface area contributed by atoms with Crippen molar-refractivity contribution < 1.29 is 14.6 Å². The molecule has 0 amide bonds. The van der Waals surface area contributed by atoms with Crippen LogP contribution >= 0.6 is 11.6 Å². The Hall–Kier alpha value is -0.610. The molecule has 16 heavy (non-hydrogen) atoms. The Labute approximate surface area is 101 Å². The summed E-state index contributed by atoms with van der Waals surface area (Å²) in [6, 6.07) is 7.37. The van der Waals surface area contributed by atoms with E-state index < -0.39 is 11.9 Å². The fourth-order valence-corrected chi connectivity index (χ4v) is 1.96. The van der Waals surface area contributed by atoms with Gasteiger partial charge in [-0.3, -0.25) is 0 Å². The fourth-order valence-electron chi connectivity index (χ4n) is 1.75. The number of halogens is 1. The number of benzene rings is 1. The Bertz CT molecular complexity index is 335. The molecule has 0 spiro atoms. The summed E-state index contributed by atoms with van der Waals surface area (Å²) < 4.78 is 10.1. The SMILES string of the molecule is COC(OC)C(C)(O)Cc1cccc(Cl)c1. The molecule has 0 aliphatic rings. The Morgan fingerprint density at radius 2 is 2.00 bits per heavy atom. The molecule has 3 nitrogen and oxygen atoms in total. The standard InChI is InChI=1S/C12H17ClO3/c1-12(14,11(15-2)16-3)8-9-5-4-6-10(13)7-9/h4-7,11,14H,8H2,1-3H3. The van der Waals surface area contributed by atoms with E-state index in [-0.39, 0.29) is 0 Å². The summed E-state index contributed by atoms with van der Waals surface area (Å²) in [7, 11) is 3.00. The highest BCUT2D eigenvalue weighted by atomic mass is 35.5. The Kier molecular flexibility index (Phi) is 4.74. The van der Waals surface area contributed by atoms with Gasteiger partial charge < -0.3 is 14.6 Å². The molecule has 4 heteroatoms. The second-order valence-electron chi connectivity index (χ2n) is 3.97. The molecule has 0 heterocycles. The van der Waals surface area contributed by atoms with Gasteiger partial charge in [-0.1, -0.05) is 23.7 Å². The topological polar surface area (TPSA) is 38.7 Å². The van der Waals surface area contributed by atoms with Crippen LogP contribution in [0.25, 0.3) is 0 Å². The van der Waals surface area contributed by atoms with Gasteiger partial charge in [0.05, 0.1) is 0 Å². The van der Waals surface area contributed by atoms with Crippen LogP contribution in [0.2, 0.25) is 5.02 Å². The highest BCUT2D eigenvalue weighted by Crippen LogP contribution is 2.21. The van der Waals surface area contributed by atoms with Crippen LogP contribution in [-0.2, 0) is 15.9 Å². The molecule has 0 aromatic heterocycles. The maximum atomic E-state index is 10.2. The minimum atomic E-state index is -1.09. The summed E-state index contributed by atoms with van der Waals surface area (Å²) in [4.78, 5) is 0. The van der Waals surface area contributed by atoms with Crippen LogP contribution in [-0.4, -0.2) is 31.2 Å². The van der Waals surface area contributed by atoms with Gasteiger partial charge in [-0.25, -0.2) is 0 Å². The van der Waals surface area contributed by atoms with E-state index in [0.29, 0.717) is 11.4 Å². The Morgan fingerprint density at radius 3 is 2.50 bits per heavy atom. The molecular weight excluding hydrogens is 228 g/mol. The lowest BCUT2D eigenvalue weighted by Gasteiger charge is -2.30. The van der Waals surface area contributed by atoms with Crippen LogP contribution in [0.15, 0.2) is 24.3 Å². The van der Waals surface area contributed by atoms with Crippen molar-refractivity contribution in [2.75, 3.05) is 14.2 Å². The molecule has 0 fully saturated rings. The molecule has 1 aromatic carbocycles. The van der Waals surface area contributed by atoms with Gasteiger partial charge in [-0.05, 0) is 24.6 Å². The molecule has 90 valence electrons. The van der Waals surface area contributed by atoms with E-state index in [1.54, 1.807) is 13.0 Å². The number of methoxy groups -OCH3 is 2. The van der Waals surface area contributed by atoms with Crippen LogP contribution in [0.4, 0.5) is 0 Å². The average Bonchev–Trinajstić information content (AvgIpc) is 2.18. The van der Waals surface area contributed by atoms with Crippen molar-refractivity contribution in [1.82, 2.24) is 0 Å². The van der Waals surface area contributed by atoms with E-state index in [0.717, 1.165) is 5.56 Å². The van der Waals surface area contributed by atoms with Gasteiger partial charge in [-0.2, -0.15) is 0 Å². The lowest BCUT2D eigenvalue weighted by atomic mass is 9.96. The summed E-state index contributed by atoms with van der Waals surface area (Å²) in [5.41, 5.74) is -0.148. The summed E-state index contributed by atoms with van der Waals surface area (Å²) >= 11 is 5.88. The van der Waals surface area contributed by atoms with Crippen LogP contribution in [0, 0.1) is 0 Å². The van der Waals surface area contributed by atoms with E-state index in [2.05, 4.69) is 0 Å². The van der Waals surface area contributed by atoms with Gasteiger partial charge in [0.2, 0.25) is 0 Å².